The Morgan fingerprint density at radius 3 is 0.969 bits per heavy atom. The SMILES string of the molecule is O=P([O-])(O)C(F)(C(F)(F)F)C(F)(F)OCCCCOC(F)(F)C(F)(C(F)(F)F)P(=O)([O-])O. The van der Waals surface area contributed by atoms with E-state index in [9.17, 15) is 71.6 Å². The summed E-state index contributed by atoms with van der Waals surface area (Å²) in [6.07, 6.45) is -28.9. The molecule has 0 saturated heterocycles. The van der Waals surface area contributed by atoms with E-state index in [0.717, 1.165) is 0 Å². The fourth-order valence-electron chi connectivity index (χ4n) is 1.78. The standard InChI is InChI=1S/C10H12F12O8P2/c11-5(7(13,14)15,31(23,24)25)9(19,20)29-3-1-2-4-30-10(21,22)6(12,8(16,17)18)32(26,27)28/h1-4H2,(H2,23,24,25)(H2,26,27,28)/p-2. The van der Waals surface area contributed by atoms with Gasteiger partial charge in [0, 0.05) is 0 Å². The molecule has 0 spiro atoms. The van der Waals surface area contributed by atoms with Crippen molar-refractivity contribution < 1.29 is 90.9 Å². The van der Waals surface area contributed by atoms with Gasteiger partial charge in [0.1, 0.15) is 0 Å². The largest absolute Gasteiger partial charge is 0.776 e. The third-order valence-corrected chi connectivity index (χ3v) is 5.99. The molecule has 0 aromatic heterocycles. The molecule has 194 valence electrons. The first-order valence-corrected chi connectivity index (χ1v) is 10.5. The van der Waals surface area contributed by atoms with Crippen molar-refractivity contribution in [3.05, 3.63) is 0 Å². The zero-order valence-corrected chi connectivity index (χ0v) is 16.4. The number of unbranched alkanes of at least 4 members (excludes halogenated alkanes) is 1. The molecule has 0 radical (unpaired) electrons. The van der Waals surface area contributed by atoms with E-state index >= 15 is 0 Å². The predicted molar refractivity (Wildman–Crippen MR) is 70.5 cm³/mol. The maximum absolute atomic E-state index is 13.5. The summed E-state index contributed by atoms with van der Waals surface area (Å²) in [5.41, 5.74) is 0. The van der Waals surface area contributed by atoms with Crippen molar-refractivity contribution in [2.45, 2.75) is 48.2 Å². The first kappa shape index (κ1) is 31.4. The molecule has 0 aromatic carbocycles. The van der Waals surface area contributed by atoms with Gasteiger partial charge >= 0.3 is 35.4 Å². The number of hydrogen-bond acceptors (Lipinski definition) is 6. The monoisotopic (exact) mass is 548 g/mol. The minimum Gasteiger partial charge on any atom is -0.776 e. The summed E-state index contributed by atoms with van der Waals surface area (Å²) in [5.74, 6) is 0. The molecule has 0 saturated carbocycles. The van der Waals surface area contributed by atoms with Crippen LogP contribution in [0, 0.1) is 0 Å². The first-order chi connectivity index (χ1) is 13.7. The molecule has 2 N–H and O–H groups in total. The van der Waals surface area contributed by atoms with Crippen LogP contribution in [0.1, 0.15) is 12.8 Å². The van der Waals surface area contributed by atoms with Crippen LogP contribution < -0.4 is 9.79 Å². The van der Waals surface area contributed by atoms with Gasteiger partial charge in [0.2, 0.25) is 0 Å². The van der Waals surface area contributed by atoms with Crippen molar-refractivity contribution in [1.29, 1.82) is 0 Å². The van der Waals surface area contributed by atoms with E-state index in [-0.39, 0.29) is 0 Å². The molecule has 0 fully saturated rings. The first-order valence-electron chi connectivity index (χ1n) is 7.33. The van der Waals surface area contributed by atoms with Crippen LogP contribution in [-0.4, -0.2) is 58.4 Å². The summed E-state index contributed by atoms with van der Waals surface area (Å²) in [4.78, 5) is 37.3. The molecule has 0 aromatic rings. The summed E-state index contributed by atoms with van der Waals surface area (Å²) in [6.45, 7) is -3.63. The normalized spacial score (nSPS) is 21.9. The average Bonchev–Trinajstić information content (AvgIpc) is 2.51. The van der Waals surface area contributed by atoms with Crippen LogP contribution in [0.5, 0.6) is 0 Å². The Balaban J connectivity index is 5.15. The van der Waals surface area contributed by atoms with Gasteiger partial charge in [-0.25, -0.2) is 8.78 Å². The van der Waals surface area contributed by atoms with E-state index in [1.807, 2.05) is 0 Å². The molecule has 32 heavy (non-hydrogen) atoms. The Labute approximate surface area is 168 Å². The highest BCUT2D eigenvalue weighted by Crippen LogP contribution is 2.65. The van der Waals surface area contributed by atoms with Gasteiger partial charge in [-0.15, -0.1) is 0 Å². The van der Waals surface area contributed by atoms with E-state index in [4.69, 9.17) is 9.79 Å². The fourth-order valence-corrected chi connectivity index (χ4v) is 3.20. The summed E-state index contributed by atoms with van der Waals surface area (Å²) in [5, 5.41) is -13.3. The van der Waals surface area contributed by atoms with Crippen LogP contribution in [0.2, 0.25) is 0 Å². The van der Waals surface area contributed by atoms with Crippen LogP contribution >= 0.6 is 15.2 Å². The molecule has 0 aliphatic rings. The van der Waals surface area contributed by atoms with Gasteiger partial charge in [-0.1, -0.05) is 0 Å². The Morgan fingerprint density at radius 2 is 0.812 bits per heavy atom. The maximum Gasteiger partial charge on any atom is 0.439 e. The smallest absolute Gasteiger partial charge is 0.439 e. The summed E-state index contributed by atoms with van der Waals surface area (Å²) in [6, 6.07) is 0. The molecule has 0 aliphatic heterocycles. The van der Waals surface area contributed by atoms with Crippen molar-refractivity contribution in [1.82, 2.24) is 0 Å². The number of ether oxygens (including phenoxy) is 2. The fraction of sp³-hybridized carbons (Fsp3) is 1.00. The Kier molecular flexibility index (Phi) is 9.02. The summed E-state index contributed by atoms with van der Waals surface area (Å²) < 4.78 is 182. The topological polar surface area (TPSA) is 139 Å². The average molecular weight is 548 g/mol. The van der Waals surface area contributed by atoms with E-state index < -0.39 is 76.6 Å². The van der Waals surface area contributed by atoms with Gasteiger partial charge < -0.3 is 38.2 Å². The van der Waals surface area contributed by atoms with Crippen molar-refractivity contribution in [3.8, 4) is 0 Å². The number of alkyl halides is 12. The van der Waals surface area contributed by atoms with Gasteiger partial charge in [-0.05, 0) is 12.8 Å². The highest BCUT2D eigenvalue weighted by molar-refractivity contribution is 7.52. The summed E-state index contributed by atoms with van der Waals surface area (Å²) >= 11 is 0. The van der Waals surface area contributed by atoms with Gasteiger partial charge in [0.05, 0.1) is 13.2 Å². The molecule has 8 nitrogen and oxygen atoms in total. The molecule has 22 heteroatoms. The van der Waals surface area contributed by atoms with Crippen molar-refractivity contribution in [2.75, 3.05) is 13.2 Å². The Bertz CT molecular complexity index is 683. The molecule has 0 amide bonds. The highest BCUT2D eigenvalue weighted by atomic mass is 31.2. The van der Waals surface area contributed by atoms with Crippen LogP contribution in [-0.2, 0) is 18.6 Å². The van der Waals surface area contributed by atoms with Crippen LogP contribution in [0.15, 0.2) is 0 Å². The van der Waals surface area contributed by atoms with E-state index in [1.54, 1.807) is 0 Å². The van der Waals surface area contributed by atoms with Crippen LogP contribution in [0.25, 0.3) is 0 Å². The number of rotatable bonds is 11. The van der Waals surface area contributed by atoms with E-state index in [1.165, 1.54) is 0 Å². The molecular weight excluding hydrogens is 538 g/mol. The molecule has 0 bridgehead atoms. The number of halogens is 12. The Morgan fingerprint density at radius 1 is 0.594 bits per heavy atom. The van der Waals surface area contributed by atoms with Gasteiger partial charge in [-0.3, -0.25) is 0 Å². The molecule has 4 unspecified atom stereocenters. The molecule has 0 aliphatic carbocycles. The zero-order valence-electron chi connectivity index (χ0n) is 14.6. The highest BCUT2D eigenvalue weighted by Gasteiger charge is 2.79. The van der Waals surface area contributed by atoms with Gasteiger partial charge in [0.15, 0.2) is 15.2 Å². The second-order valence-corrected chi connectivity index (χ2v) is 9.03. The molecule has 4 atom stereocenters. The minimum absolute atomic E-state index is 1.21. The summed E-state index contributed by atoms with van der Waals surface area (Å²) in [7, 11) is -15.1. The lowest BCUT2D eigenvalue weighted by Crippen LogP contribution is -2.58. The zero-order chi connectivity index (χ0) is 26.2. The quantitative estimate of drug-likeness (QED) is 0.228. The second kappa shape index (κ2) is 9.20. The van der Waals surface area contributed by atoms with E-state index in [2.05, 4.69) is 9.47 Å². The van der Waals surface area contributed by atoms with Crippen LogP contribution in [0.4, 0.5) is 52.7 Å². The third-order valence-electron chi connectivity index (χ3n) is 3.41. The van der Waals surface area contributed by atoms with E-state index in [0.29, 0.717) is 0 Å². The lowest BCUT2D eigenvalue weighted by atomic mass is 10.3. The van der Waals surface area contributed by atoms with Crippen molar-refractivity contribution in [2.24, 2.45) is 0 Å². The molecular formula is C10H10F12O8P2-2. The number of hydrogen-bond donors (Lipinski definition) is 2. The van der Waals surface area contributed by atoms with Gasteiger partial charge in [0.25, 0.3) is 0 Å². The second-order valence-electron chi connectivity index (χ2n) is 5.72. The maximum atomic E-state index is 13.5. The van der Waals surface area contributed by atoms with Crippen molar-refractivity contribution in [3.63, 3.8) is 0 Å². The minimum atomic E-state index is -7.53. The van der Waals surface area contributed by atoms with Crippen molar-refractivity contribution >= 4 is 15.2 Å². The van der Waals surface area contributed by atoms with Gasteiger partial charge in [-0.2, -0.15) is 43.9 Å². The van der Waals surface area contributed by atoms with Crippen LogP contribution in [0.3, 0.4) is 0 Å². The lowest BCUT2D eigenvalue weighted by molar-refractivity contribution is -0.374. The third kappa shape index (κ3) is 5.71. The predicted octanol–water partition coefficient (Wildman–Crippen LogP) is 2.53. The Hall–Kier alpha value is -0.620. The molecule has 0 heterocycles. The lowest BCUT2D eigenvalue weighted by Gasteiger charge is -2.39. The molecule has 0 rings (SSSR count).